The van der Waals surface area contributed by atoms with E-state index in [2.05, 4.69) is 22.2 Å². The Bertz CT molecular complexity index is 1790. The first kappa shape index (κ1) is 49.0. The number of nitrogens with zero attached hydrogens (tertiary/aromatic N) is 4. The summed E-state index contributed by atoms with van der Waals surface area (Å²) in [6.45, 7) is 10.6. The standard InChI is InChI=1S/C43H64ClN7O8/c1-6-7-8-11-20-50(26-34(54)37(56)35(55)27-52)21-12-15-33(53)31-18-16-29(17-19-31)24-51(42(58)59-43(3,4)5)25-30(22-32-14-10-9-13-28(32)2)23-47-41(57)36-39(45)49-40(46)38(44)48-36/h9-10,13-14,16-19,30,34-35,37,52,54-56H,6-8,11-12,15,20-27H2,1-5H3,(H,47,57)(H4,45,46,49)/t30-,34-,35+,37+/m1/s1. The highest BCUT2D eigenvalue weighted by atomic mass is 35.5. The van der Waals surface area contributed by atoms with Crippen molar-refractivity contribution in [1.29, 1.82) is 0 Å². The topological polar surface area (TPSA) is 238 Å². The molecular weight excluding hydrogens is 778 g/mol. The number of nitrogens with two attached hydrogens (primary N) is 2. The van der Waals surface area contributed by atoms with Gasteiger partial charge >= 0.3 is 6.09 Å². The lowest BCUT2D eigenvalue weighted by atomic mass is 9.95. The lowest BCUT2D eigenvalue weighted by Gasteiger charge is -2.31. The molecular formula is C43H64ClN7O8. The number of aliphatic hydroxyl groups excluding tert-OH is 4. The van der Waals surface area contributed by atoms with E-state index in [1.807, 2.05) is 36.1 Å². The first-order chi connectivity index (χ1) is 27.9. The number of nitrogen functional groups attached to an aromatic ring is 2. The molecule has 326 valence electrons. The Morgan fingerprint density at radius 3 is 2.22 bits per heavy atom. The summed E-state index contributed by atoms with van der Waals surface area (Å²) in [6.07, 6.45) is 0.589. The fourth-order valence-electron chi connectivity index (χ4n) is 6.54. The molecule has 0 radical (unpaired) electrons. The van der Waals surface area contributed by atoms with Crippen LogP contribution in [0.2, 0.25) is 5.15 Å². The van der Waals surface area contributed by atoms with Crippen LogP contribution in [0.4, 0.5) is 16.4 Å². The summed E-state index contributed by atoms with van der Waals surface area (Å²) in [5.74, 6) is -1.20. The second-order valence-corrected chi connectivity index (χ2v) is 16.5. The summed E-state index contributed by atoms with van der Waals surface area (Å²) in [4.78, 5) is 51.8. The second-order valence-electron chi connectivity index (χ2n) is 16.1. The number of nitrogens with one attached hydrogen (secondary N) is 1. The number of aromatic nitrogens is 2. The van der Waals surface area contributed by atoms with Gasteiger partial charge in [0.15, 0.2) is 28.3 Å². The first-order valence-electron chi connectivity index (χ1n) is 20.3. The minimum atomic E-state index is -1.49. The normalized spacial score (nSPS) is 13.7. The van der Waals surface area contributed by atoms with Gasteiger partial charge in [-0.05, 0) is 82.7 Å². The van der Waals surface area contributed by atoms with Gasteiger partial charge in [-0.1, -0.05) is 86.3 Å². The van der Waals surface area contributed by atoms with E-state index in [0.29, 0.717) is 31.5 Å². The van der Waals surface area contributed by atoms with Crippen molar-refractivity contribution in [3.8, 4) is 0 Å². The van der Waals surface area contributed by atoms with E-state index in [9.17, 15) is 34.8 Å². The third-order valence-electron chi connectivity index (χ3n) is 9.85. The predicted octanol–water partition coefficient (Wildman–Crippen LogP) is 4.55. The maximum atomic E-state index is 13.7. The minimum absolute atomic E-state index is 0.0653. The van der Waals surface area contributed by atoms with Crippen LogP contribution < -0.4 is 16.8 Å². The smallest absolute Gasteiger partial charge is 0.410 e. The Morgan fingerprint density at radius 1 is 0.898 bits per heavy atom. The molecule has 9 N–H and O–H groups in total. The fraction of sp³-hybridized carbons (Fsp3) is 0.558. The largest absolute Gasteiger partial charge is 0.444 e. The fourth-order valence-corrected chi connectivity index (χ4v) is 6.67. The zero-order valence-electron chi connectivity index (χ0n) is 35.1. The summed E-state index contributed by atoms with van der Waals surface area (Å²) < 4.78 is 5.83. The molecule has 1 aromatic heterocycles. The maximum absolute atomic E-state index is 13.7. The molecule has 0 unspecified atom stereocenters. The molecule has 0 fully saturated rings. The number of benzene rings is 2. The summed E-state index contributed by atoms with van der Waals surface area (Å²) in [7, 11) is 0. The number of rotatable bonds is 24. The predicted molar refractivity (Wildman–Crippen MR) is 229 cm³/mol. The molecule has 0 aliphatic carbocycles. The van der Waals surface area contributed by atoms with Crippen molar-refractivity contribution in [2.45, 2.75) is 110 Å². The third kappa shape index (κ3) is 16.7. The molecule has 4 atom stereocenters. The van der Waals surface area contributed by atoms with Crippen LogP contribution in [0.15, 0.2) is 48.5 Å². The van der Waals surface area contributed by atoms with Crippen LogP contribution in [-0.2, 0) is 17.7 Å². The van der Waals surface area contributed by atoms with E-state index >= 15 is 0 Å². The number of ketones is 1. The van der Waals surface area contributed by atoms with Gasteiger partial charge in [-0.15, -0.1) is 0 Å². The molecule has 0 bridgehead atoms. The summed E-state index contributed by atoms with van der Waals surface area (Å²) in [5, 5.41) is 42.4. The lowest BCUT2D eigenvalue weighted by Crippen LogP contribution is -2.46. The van der Waals surface area contributed by atoms with E-state index in [0.717, 1.165) is 42.4 Å². The molecule has 3 aromatic rings. The van der Waals surface area contributed by atoms with E-state index < -0.39 is 42.5 Å². The van der Waals surface area contributed by atoms with Gasteiger partial charge in [-0.25, -0.2) is 14.8 Å². The Morgan fingerprint density at radius 2 is 1.58 bits per heavy atom. The highest BCUT2D eigenvalue weighted by molar-refractivity contribution is 6.31. The third-order valence-corrected chi connectivity index (χ3v) is 10.1. The van der Waals surface area contributed by atoms with Crippen molar-refractivity contribution < 1.29 is 39.5 Å². The van der Waals surface area contributed by atoms with Gasteiger partial charge in [-0.3, -0.25) is 9.59 Å². The average Bonchev–Trinajstić information content (AvgIpc) is 3.19. The summed E-state index contributed by atoms with van der Waals surface area (Å²) in [5.41, 5.74) is 14.1. The van der Waals surface area contributed by atoms with Gasteiger partial charge in [0.05, 0.1) is 12.7 Å². The van der Waals surface area contributed by atoms with Crippen LogP contribution in [0.1, 0.15) is 104 Å². The van der Waals surface area contributed by atoms with E-state index in [-0.39, 0.29) is 66.8 Å². The molecule has 16 heteroatoms. The quantitative estimate of drug-likeness (QED) is 0.0485. The molecule has 0 saturated carbocycles. The number of hydrogen-bond acceptors (Lipinski definition) is 13. The number of halogens is 1. The van der Waals surface area contributed by atoms with Crippen molar-refractivity contribution >= 4 is 41.0 Å². The van der Waals surface area contributed by atoms with E-state index in [1.165, 1.54) is 0 Å². The van der Waals surface area contributed by atoms with Gasteiger partial charge in [0.1, 0.15) is 17.8 Å². The highest BCUT2D eigenvalue weighted by Crippen LogP contribution is 2.21. The van der Waals surface area contributed by atoms with E-state index in [4.69, 9.17) is 27.8 Å². The molecule has 2 aromatic carbocycles. The van der Waals surface area contributed by atoms with Crippen molar-refractivity contribution in [1.82, 2.24) is 25.1 Å². The monoisotopic (exact) mass is 841 g/mol. The van der Waals surface area contributed by atoms with Crippen molar-refractivity contribution in [2.24, 2.45) is 5.92 Å². The number of hydrogen-bond donors (Lipinski definition) is 7. The molecule has 1 heterocycles. The summed E-state index contributed by atoms with van der Waals surface area (Å²) >= 11 is 6.03. The van der Waals surface area contributed by atoms with Crippen LogP contribution in [0.25, 0.3) is 0 Å². The molecule has 59 heavy (non-hydrogen) atoms. The number of Topliss-reactive ketones (excluding diaryl/α,β-unsaturated/α-hetero) is 1. The molecule has 0 aliphatic heterocycles. The molecule has 3 rings (SSSR count). The van der Waals surface area contributed by atoms with Gasteiger partial charge < -0.3 is 51.7 Å². The molecule has 0 spiro atoms. The van der Waals surface area contributed by atoms with Crippen LogP contribution in [-0.4, -0.2) is 121 Å². The van der Waals surface area contributed by atoms with Gasteiger partial charge in [0.2, 0.25) is 0 Å². The molecule has 2 amide bonds. The van der Waals surface area contributed by atoms with Crippen molar-refractivity contribution in [3.05, 3.63) is 81.6 Å². The Hall–Kier alpha value is -4.38. The van der Waals surface area contributed by atoms with Gasteiger partial charge in [0.25, 0.3) is 5.91 Å². The minimum Gasteiger partial charge on any atom is -0.444 e. The van der Waals surface area contributed by atoms with E-state index in [1.54, 1.807) is 49.9 Å². The number of amides is 2. The van der Waals surface area contributed by atoms with Crippen LogP contribution in [0, 0.1) is 12.8 Å². The van der Waals surface area contributed by atoms with Gasteiger partial charge in [-0.2, -0.15) is 0 Å². The van der Waals surface area contributed by atoms with Crippen molar-refractivity contribution in [2.75, 3.05) is 50.8 Å². The lowest BCUT2D eigenvalue weighted by molar-refractivity contribution is -0.0842. The van der Waals surface area contributed by atoms with Gasteiger partial charge in [0, 0.05) is 38.2 Å². The zero-order valence-corrected chi connectivity index (χ0v) is 35.8. The Balaban J connectivity index is 1.75. The van der Waals surface area contributed by atoms with Crippen LogP contribution in [0.5, 0.6) is 0 Å². The SMILES string of the molecule is CCCCCCN(CCCC(=O)c1ccc(CN(C[C@@H](CNC(=O)c2nc(Cl)c(N)nc2N)Cc2ccccc2C)C(=O)OC(C)(C)C)cc1)C[C@@H](O)[C@H](O)[C@@H](O)CO. The maximum Gasteiger partial charge on any atom is 0.410 e. The molecule has 15 nitrogen and oxygen atoms in total. The molecule has 0 aliphatic rings. The number of unbranched alkanes of at least 4 members (excludes halogenated alkanes) is 3. The zero-order chi connectivity index (χ0) is 43.7. The average molecular weight is 842 g/mol. The Labute approximate surface area is 353 Å². The number of aryl methyl sites for hydroxylation is 1. The number of carbonyl (C=O) groups is 3. The first-order valence-corrected chi connectivity index (χ1v) is 20.7. The van der Waals surface area contributed by atoms with Crippen molar-refractivity contribution in [3.63, 3.8) is 0 Å². The number of ether oxygens (including phenoxy) is 1. The van der Waals surface area contributed by atoms with Crippen LogP contribution in [0.3, 0.4) is 0 Å². The number of carbonyl (C=O) groups excluding carboxylic acids is 3. The number of aliphatic hydroxyl groups is 4. The Kier molecular flexibility index (Phi) is 19.9. The molecule has 0 saturated heterocycles. The van der Waals surface area contributed by atoms with Crippen LogP contribution >= 0.6 is 11.6 Å². The highest BCUT2D eigenvalue weighted by Gasteiger charge is 2.28. The second kappa shape index (κ2) is 24.0. The summed E-state index contributed by atoms with van der Waals surface area (Å²) in [6, 6.07) is 15.0. The number of anilines is 2.